The predicted molar refractivity (Wildman–Crippen MR) is 200 cm³/mol. The van der Waals surface area contributed by atoms with Crippen LogP contribution in [0.25, 0.3) is 0 Å². The van der Waals surface area contributed by atoms with Crippen LogP contribution < -0.4 is 4.89 Å². The predicted octanol–water partition coefficient (Wildman–Crippen LogP) is 10.5. The molecule has 49 heavy (non-hydrogen) atoms. The molecule has 0 spiro atoms. The molecule has 0 N–H and O–H groups in total. The summed E-state index contributed by atoms with van der Waals surface area (Å²) in [6, 6.07) is 0. The highest BCUT2D eigenvalue weighted by molar-refractivity contribution is 7.45. The molecule has 0 heterocycles. The Balaban J connectivity index is 4.30. The van der Waals surface area contributed by atoms with Crippen molar-refractivity contribution in [3.05, 3.63) is 0 Å². The standard InChI is InChI=1S/C39H78NO8P/c1-5-7-9-11-13-15-17-19-21-23-25-27-29-31-38(41)45-35-37(36-47-49(43,44)46-34-33-40(3)4)48-39(42)32-30-28-26-24-22-20-18-16-14-12-10-8-6-2/h37H,5-36H2,1-4H3,(H,43,44)/p-1/t37-/m0/s1. The van der Waals surface area contributed by atoms with E-state index in [1.54, 1.807) is 19.0 Å². The second kappa shape index (κ2) is 35.4. The quantitative estimate of drug-likeness (QED) is 0.0349. The number of likely N-dealkylation sites (N-methyl/N-ethyl adjacent to an activating group) is 1. The largest absolute Gasteiger partial charge is 0.756 e. The number of hydrogen-bond acceptors (Lipinski definition) is 9. The maximum absolute atomic E-state index is 12.6. The second-order valence-corrected chi connectivity index (χ2v) is 15.6. The van der Waals surface area contributed by atoms with Gasteiger partial charge in [0.15, 0.2) is 6.10 Å². The lowest BCUT2D eigenvalue weighted by Gasteiger charge is -2.26. The van der Waals surface area contributed by atoms with Crippen LogP contribution in [0.15, 0.2) is 0 Å². The fraction of sp³-hybridized carbons (Fsp3) is 0.949. The highest BCUT2D eigenvalue weighted by Gasteiger charge is 2.21. The third-order valence-corrected chi connectivity index (χ3v) is 9.87. The maximum atomic E-state index is 12.6. The molecule has 0 aliphatic heterocycles. The van der Waals surface area contributed by atoms with Gasteiger partial charge in [0.2, 0.25) is 0 Å². The molecule has 2 atom stereocenters. The summed E-state index contributed by atoms with van der Waals surface area (Å²) in [7, 11) is -0.988. The zero-order chi connectivity index (χ0) is 36.3. The zero-order valence-corrected chi connectivity index (χ0v) is 33.3. The Morgan fingerprint density at radius 2 is 0.918 bits per heavy atom. The number of nitrogens with zero attached hydrogens (tertiary/aromatic N) is 1. The summed E-state index contributed by atoms with van der Waals surface area (Å²) in [5, 5.41) is 0. The zero-order valence-electron chi connectivity index (χ0n) is 32.4. The number of esters is 2. The van der Waals surface area contributed by atoms with Gasteiger partial charge in [0, 0.05) is 19.4 Å². The molecule has 292 valence electrons. The van der Waals surface area contributed by atoms with Crippen LogP contribution in [-0.4, -0.2) is 63.4 Å². The van der Waals surface area contributed by atoms with Gasteiger partial charge < -0.3 is 28.3 Å². The van der Waals surface area contributed by atoms with E-state index in [0.29, 0.717) is 13.0 Å². The molecule has 0 rings (SSSR count). The second-order valence-electron chi connectivity index (χ2n) is 14.2. The molecule has 0 saturated heterocycles. The molecule has 0 radical (unpaired) electrons. The molecule has 0 aromatic rings. The third-order valence-electron chi connectivity index (χ3n) is 8.90. The fourth-order valence-corrected chi connectivity index (χ4v) is 6.47. The minimum Gasteiger partial charge on any atom is -0.756 e. The number of carbonyl (C=O) groups is 2. The Morgan fingerprint density at radius 3 is 1.31 bits per heavy atom. The fourth-order valence-electron chi connectivity index (χ4n) is 5.74. The van der Waals surface area contributed by atoms with Gasteiger partial charge in [0.25, 0.3) is 7.82 Å². The van der Waals surface area contributed by atoms with Crippen LogP contribution in [-0.2, 0) is 32.7 Å². The number of phosphoric acid groups is 1. The molecule has 0 fully saturated rings. The highest BCUT2D eigenvalue weighted by Crippen LogP contribution is 2.38. The maximum Gasteiger partial charge on any atom is 0.306 e. The Morgan fingerprint density at radius 1 is 0.551 bits per heavy atom. The van der Waals surface area contributed by atoms with Crippen molar-refractivity contribution in [2.24, 2.45) is 0 Å². The molecule has 10 heteroatoms. The first-order valence-electron chi connectivity index (χ1n) is 20.3. The van der Waals surface area contributed by atoms with Gasteiger partial charge in [0.1, 0.15) is 6.61 Å². The van der Waals surface area contributed by atoms with Gasteiger partial charge in [-0.05, 0) is 26.9 Å². The first kappa shape index (κ1) is 48.0. The molecular formula is C39H77NO8P-. The molecule has 1 unspecified atom stereocenters. The van der Waals surface area contributed by atoms with Crippen molar-refractivity contribution in [1.29, 1.82) is 0 Å². The number of unbranched alkanes of at least 4 members (excludes halogenated alkanes) is 24. The normalized spacial score (nSPS) is 13.4. The minimum atomic E-state index is -4.60. The van der Waals surface area contributed by atoms with Crippen LogP contribution >= 0.6 is 7.82 Å². The topological polar surface area (TPSA) is 114 Å². The summed E-state index contributed by atoms with van der Waals surface area (Å²) in [5.74, 6) is -0.827. The first-order chi connectivity index (χ1) is 23.7. The van der Waals surface area contributed by atoms with Gasteiger partial charge in [-0.25, -0.2) is 0 Å². The van der Waals surface area contributed by atoms with E-state index in [4.69, 9.17) is 18.5 Å². The molecule has 0 aliphatic carbocycles. The summed E-state index contributed by atoms with van der Waals surface area (Å²) in [6.07, 6.45) is 31.2. The average molecular weight is 719 g/mol. The van der Waals surface area contributed by atoms with E-state index in [-0.39, 0.29) is 32.0 Å². The number of rotatable bonds is 38. The Kier molecular flexibility index (Phi) is 34.7. The van der Waals surface area contributed by atoms with Gasteiger partial charge in [0.05, 0.1) is 13.2 Å². The van der Waals surface area contributed by atoms with Crippen LogP contribution in [0.4, 0.5) is 0 Å². The molecule has 0 bridgehead atoms. The lowest BCUT2D eigenvalue weighted by atomic mass is 10.0. The van der Waals surface area contributed by atoms with E-state index in [1.165, 1.54) is 128 Å². The summed E-state index contributed by atoms with van der Waals surface area (Å²) in [6.45, 7) is 4.14. The van der Waals surface area contributed by atoms with Crippen molar-refractivity contribution in [3.8, 4) is 0 Å². The van der Waals surface area contributed by atoms with Crippen molar-refractivity contribution >= 4 is 19.8 Å². The molecule has 0 amide bonds. The first-order valence-corrected chi connectivity index (χ1v) is 21.8. The number of hydrogen-bond donors (Lipinski definition) is 0. The van der Waals surface area contributed by atoms with E-state index in [0.717, 1.165) is 32.1 Å². The summed E-state index contributed by atoms with van der Waals surface area (Å²) in [4.78, 5) is 39.0. The van der Waals surface area contributed by atoms with Gasteiger partial charge >= 0.3 is 11.9 Å². The molecule has 9 nitrogen and oxygen atoms in total. The van der Waals surface area contributed by atoms with Crippen LogP contribution in [0.5, 0.6) is 0 Å². The van der Waals surface area contributed by atoms with Gasteiger partial charge in [-0.3, -0.25) is 14.2 Å². The van der Waals surface area contributed by atoms with E-state index in [1.807, 2.05) is 0 Å². The Labute approximate surface area is 301 Å². The van der Waals surface area contributed by atoms with Crippen LogP contribution in [0.2, 0.25) is 0 Å². The van der Waals surface area contributed by atoms with Crippen molar-refractivity contribution in [1.82, 2.24) is 4.90 Å². The minimum absolute atomic E-state index is 0.0502. The molecule has 0 aromatic carbocycles. The van der Waals surface area contributed by atoms with Crippen LogP contribution in [0.1, 0.15) is 194 Å². The number of phosphoric ester groups is 1. The summed E-state index contributed by atoms with van der Waals surface area (Å²) >= 11 is 0. The van der Waals surface area contributed by atoms with Crippen molar-refractivity contribution < 1.29 is 37.6 Å². The van der Waals surface area contributed by atoms with E-state index >= 15 is 0 Å². The van der Waals surface area contributed by atoms with Crippen molar-refractivity contribution in [2.75, 3.05) is 40.5 Å². The summed E-state index contributed by atoms with van der Waals surface area (Å²) < 4.78 is 33.0. The molecular weight excluding hydrogens is 641 g/mol. The smallest absolute Gasteiger partial charge is 0.306 e. The van der Waals surface area contributed by atoms with Gasteiger partial charge in [-0.15, -0.1) is 0 Å². The third kappa shape index (κ3) is 36.6. The molecule has 0 aliphatic rings. The Hall–Kier alpha value is -0.990. The summed E-state index contributed by atoms with van der Waals surface area (Å²) in [5.41, 5.74) is 0. The van der Waals surface area contributed by atoms with Gasteiger partial charge in [-0.1, -0.05) is 168 Å². The van der Waals surface area contributed by atoms with Crippen molar-refractivity contribution in [2.45, 2.75) is 200 Å². The van der Waals surface area contributed by atoms with E-state index in [2.05, 4.69) is 13.8 Å². The molecule has 0 aromatic heterocycles. The average Bonchev–Trinajstić information content (AvgIpc) is 3.06. The number of ether oxygens (including phenoxy) is 2. The monoisotopic (exact) mass is 719 g/mol. The SMILES string of the molecule is CCCCCCCCCCCCCCCC(=O)OC[C@@H](COP(=O)([O-])OCCN(C)C)OC(=O)CCCCCCCCCCCCCCC. The van der Waals surface area contributed by atoms with Gasteiger partial charge in [-0.2, -0.15) is 0 Å². The lowest BCUT2D eigenvalue weighted by Crippen LogP contribution is -2.30. The van der Waals surface area contributed by atoms with E-state index in [9.17, 15) is 19.0 Å². The molecule has 0 saturated carbocycles. The van der Waals surface area contributed by atoms with Crippen molar-refractivity contribution in [3.63, 3.8) is 0 Å². The Bertz CT molecular complexity index is 797. The number of carbonyl (C=O) groups excluding carboxylic acids is 2. The van der Waals surface area contributed by atoms with Crippen LogP contribution in [0, 0.1) is 0 Å². The highest BCUT2D eigenvalue weighted by atomic mass is 31.2. The lowest BCUT2D eigenvalue weighted by molar-refractivity contribution is -0.228. The van der Waals surface area contributed by atoms with Crippen LogP contribution in [0.3, 0.4) is 0 Å². The van der Waals surface area contributed by atoms with E-state index < -0.39 is 26.5 Å².